The number of imidazole rings is 1. The molecule has 0 aliphatic heterocycles. The Morgan fingerprint density at radius 2 is 2.02 bits per heavy atom. The van der Waals surface area contributed by atoms with E-state index in [1.54, 1.807) is 25.6 Å². The van der Waals surface area contributed by atoms with Crippen LogP contribution in [0, 0.1) is 12.7 Å². The number of anilines is 2. The van der Waals surface area contributed by atoms with E-state index in [0.717, 1.165) is 41.8 Å². The fourth-order valence-corrected chi connectivity index (χ4v) is 5.41. The number of nitrogens with one attached hydrogen (secondary N) is 3. The van der Waals surface area contributed by atoms with Gasteiger partial charge in [-0.2, -0.15) is 10.2 Å². The largest absolute Gasteiger partial charge is 0.368 e. The van der Waals surface area contributed by atoms with Gasteiger partial charge < -0.3 is 15.4 Å². The fraction of sp³-hybridized carbons (Fsp3) is 0.357. The van der Waals surface area contributed by atoms with E-state index in [1.165, 1.54) is 10.9 Å². The number of pyridine rings is 1. The molecule has 0 bridgehead atoms. The lowest BCUT2D eigenvalue weighted by Crippen LogP contribution is -2.51. The molecule has 1 aliphatic carbocycles. The maximum absolute atomic E-state index is 13.5. The number of fused-ring (bicyclic) bond motifs is 1. The fourth-order valence-electron chi connectivity index (χ4n) is 5.41. The first-order chi connectivity index (χ1) is 19.8. The zero-order valence-electron chi connectivity index (χ0n) is 23.0. The summed E-state index contributed by atoms with van der Waals surface area (Å²) >= 11 is 0. The molecule has 1 amide bonds. The summed E-state index contributed by atoms with van der Waals surface area (Å²) in [7, 11) is 1.59. The molecule has 13 heteroatoms. The van der Waals surface area contributed by atoms with Crippen molar-refractivity contribution in [3.05, 3.63) is 78.1 Å². The van der Waals surface area contributed by atoms with Crippen LogP contribution in [0.4, 0.5) is 16.0 Å². The topological polar surface area (TPSA) is 140 Å². The number of carbonyl (C=O) groups excluding carboxylic acids is 1. The Balaban J connectivity index is 1.14. The van der Waals surface area contributed by atoms with Gasteiger partial charge in [0.25, 0.3) is 5.91 Å². The second-order valence-corrected chi connectivity index (χ2v) is 10.4. The van der Waals surface area contributed by atoms with Crippen molar-refractivity contribution < 1.29 is 13.9 Å². The highest BCUT2D eigenvalue weighted by atomic mass is 19.1. The highest BCUT2D eigenvalue weighted by Crippen LogP contribution is 2.40. The average molecular weight is 559 g/mol. The zero-order valence-corrected chi connectivity index (χ0v) is 23.0. The molecule has 1 fully saturated rings. The van der Waals surface area contributed by atoms with Gasteiger partial charge in [-0.15, -0.1) is 0 Å². The molecule has 0 radical (unpaired) electrons. The maximum Gasteiger partial charge on any atom is 0.252 e. The predicted octanol–water partition coefficient (Wildman–Crippen LogP) is 4.14. The van der Waals surface area contributed by atoms with Crippen molar-refractivity contribution in [1.29, 1.82) is 0 Å². The van der Waals surface area contributed by atoms with Crippen LogP contribution in [0.1, 0.15) is 61.6 Å². The number of aromatic amines is 1. The van der Waals surface area contributed by atoms with Gasteiger partial charge in [0.1, 0.15) is 22.9 Å². The molecule has 0 spiro atoms. The monoisotopic (exact) mass is 558 g/mol. The van der Waals surface area contributed by atoms with E-state index >= 15 is 0 Å². The molecule has 0 saturated heterocycles. The Bertz CT molecular complexity index is 1670. The number of halogens is 1. The van der Waals surface area contributed by atoms with Crippen LogP contribution in [0.15, 0.2) is 55.2 Å². The van der Waals surface area contributed by atoms with E-state index in [-0.39, 0.29) is 17.9 Å². The number of methoxy groups -OCH3 is 1. The van der Waals surface area contributed by atoms with Crippen LogP contribution < -0.4 is 10.6 Å². The second-order valence-electron chi connectivity index (χ2n) is 10.4. The number of hydrogen-bond donors (Lipinski definition) is 3. The number of rotatable bonds is 8. The Kier molecular flexibility index (Phi) is 6.95. The van der Waals surface area contributed by atoms with Crippen LogP contribution in [-0.4, -0.2) is 57.9 Å². The summed E-state index contributed by atoms with van der Waals surface area (Å²) in [5, 5.41) is 17.5. The van der Waals surface area contributed by atoms with Gasteiger partial charge in [0.2, 0.25) is 0 Å². The molecule has 6 rings (SSSR count). The van der Waals surface area contributed by atoms with Gasteiger partial charge in [0, 0.05) is 49.4 Å². The van der Waals surface area contributed by atoms with Crippen molar-refractivity contribution in [2.75, 3.05) is 12.4 Å². The molecule has 0 unspecified atom stereocenters. The lowest BCUT2D eigenvalue weighted by Gasteiger charge is -2.38. The number of carbonyl (C=O) groups is 1. The number of H-pyrrole nitrogens is 1. The lowest BCUT2D eigenvalue weighted by molar-refractivity contribution is -0.148. The third-order valence-corrected chi connectivity index (χ3v) is 7.75. The normalized spacial score (nSPS) is 19.8. The third-order valence-electron chi connectivity index (χ3n) is 7.75. The van der Waals surface area contributed by atoms with Crippen LogP contribution in [-0.2, 0) is 9.53 Å². The Hall–Kier alpha value is -4.65. The van der Waals surface area contributed by atoms with E-state index in [4.69, 9.17) is 9.72 Å². The van der Waals surface area contributed by atoms with Gasteiger partial charge in [-0.1, -0.05) is 6.07 Å². The summed E-state index contributed by atoms with van der Waals surface area (Å²) in [6, 6.07) is 7.08. The molecule has 0 aromatic carbocycles. The smallest absolute Gasteiger partial charge is 0.252 e. The molecule has 3 N–H and O–H groups in total. The van der Waals surface area contributed by atoms with E-state index in [9.17, 15) is 9.18 Å². The molecule has 5 aromatic heterocycles. The van der Waals surface area contributed by atoms with Gasteiger partial charge in [-0.3, -0.25) is 14.3 Å². The molecule has 1 aliphatic rings. The minimum atomic E-state index is -0.943. The number of nitrogens with zero attached hydrogens (tertiary/aromatic N) is 7. The van der Waals surface area contributed by atoms with E-state index in [0.29, 0.717) is 30.3 Å². The second kappa shape index (κ2) is 10.7. The highest BCUT2D eigenvalue weighted by Gasteiger charge is 2.43. The summed E-state index contributed by atoms with van der Waals surface area (Å²) in [5.41, 5.74) is 1.61. The molecular formula is C28H31FN10O2. The summed E-state index contributed by atoms with van der Waals surface area (Å²) in [5.74, 6) is 2.25. The molecule has 1 atom stereocenters. The first-order valence-electron chi connectivity index (χ1n) is 13.5. The van der Waals surface area contributed by atoms with Crippen molar-refractivity contribution >= 4 is 23.2 Å². The van der Waals surface area contributed by atoms with E-state index < -0.39 is 11.4 Å². The van der Waals surface area contributed by atoms with E-state index in [1.807, 2.05) is 42.6 Å². The van der Waals surface area contributed by atoms with Crippen LogP contribution in [0.25, 0.3) is 11.5 Å². The van der Waals surface area contributed by atoms with Gasteiger partial charge in [-0.05, 0) is 51.2 Å². The molecule has 212 valence electrons. The van der Waals surface area contributed by atoms with E-state index in [2.05, 4.69) is 35.9 Å². The number of ether oxygens (including phenoxy) is 1. The lowest BCUT2D eigenvalue weighted by atomic mass is 9.77. The minimum Gasteiger partial charge on any atom is -0.368 e. The highest BCUT2D eigenvalue weighted by molar-refractivity contribution is 5.85. The molecule has 5 heterocycles. The van der Waals surface area contributed by atoms with Crippen LogP contribution in [0.2, 0.25) is 0 Å². The van der Waals surface area contributed by atoms with Crippen molar-refractivity contribution in [2.24, 2.45) is 0 Å². The third kappa shape index (κ3) is 5.27. The summed E-state index contributed by atoms with van der Waals surface area (Å²) in [6.45, 7) is 3.84. The average Bonchev–Trinajstić information content (AvgIpc) is 3.74. The molecule has 5 aromatic rings. The summed E-state index contributed by atoms with van der Waals surface area (Å²) in [6.07, 6.45) is 10.2. The summed E-state index contributed by atoms with van der Waals surface area (Å²) in [4.78, 5) is 27.3. The predicted molar refractivity (Wildman–Crippen MR) is 148 cm³/mol. The molecule has 1 saturated carbocycles. The van der Waals surface area contributed by atoms with Crippen molar-refractivity contribution in [1.82, 2.24) is 44.6 Å². The number of hydrogen-bond acceptors (Lipinski definition) is 8. The van der Waals surface area contributed by atoms with Gasteiger partial charge in [-0.25, -0.2) is 24.0 Å². The summed E-state index contributed by atoms with van der Waals surface area (Å²) < 4.78 is 22.5. The molecule has 12 nitrogen and oxygen atoms in total. The van der Waals surface area contributed by atoms with Crippen LogP contribution in [0.5, 0.6) is 0 Å². The number of amides is 1. The van der Waals surface area contributed by atoms with Crippen molar-refractivity contribution in [2.45, 2.75) is 57.1 Å². The van der Waals surface area contributed by atoms with Crippen LogP contribution in [0.3, 0.4) is 0 Å². The van der Waals surface area contributed by atoms with Gasteiger partial charge in [0.05, 0.1) is 18.4 Å². The number of aromatic nitrogens is 8. The quantitative estimate of drug-likeness (QED) is 0.258. The number of aryl methyl sites for hydroxylation is 1. The Labute approximate surface area is 235 Å². The first-order valence-corrected chi connectivity index (χ1v) is 13.5. The van der Waals surface area contributed by atoms with Gasteiger partial charge in [0.15, 0.2) is 17.5 Å². The van der Waals surface area contributed by atoms with Crippen molar-refractivity contribution in [3.8, 4) is 5.82 Å². The molecular weight excluding hydrogens is 527 g/mol. The zero-order chi connectivity index (χ0) is 28.6. The maximum atomic E-state index is 13.5. The Morgan fingerprint density at radius 3 is 2.68 bits per heavy atom. The standard InChI is InChI=1S/C28H31FN10O2/c1-17-12-23(37-36-17)34-22-13-25-30-10-11-38(25)26(35-22)19-6-8-28(41-3,9-7-19)27(40)33-18(2)20-4-5-24(31-14-20)39-16-21(29)15-32-39/h4-5,10-16,18-19H,6-9H2,1-3H3,(H,33,40)(H2,34,36,37)/t18-,19-,28+/m0/s1. The Morgan fingerprint density at radius 1 is 1.20 bits per heavy atom. The van der Waals surface area contributed by atoms with Crippen LogP contribution >= 0.6 is 0 Å². The van der Waals surface area contributed by atoms with Gasteiger partial charge >= 0.3 is 0 Å². The first kappa shape index (κ1) is 26.6. The van der Waals surface area contributed by atoms with Crippen molar-refractivity contribution in [3.63, 3.8) is 0 Å². The minimum absolute atomic E-state index is 0.117. The molecule has 41 heavy (non-hydrogen) atoms. The SMILES string of the molecule is CO[C@]1(C(=O)N[C@@H](C)c2ccc(-n3cc(F)cn3)nc2)CC[C@H](c2nc(Nc3cc(C)[nH]n3)cc3nccn32)CC1.